The van der Waals surface area contributed by atoms with E-state index in [1.807, 2.05) is 42.2 Å². The first kappa shape index (κ1) is 15.2. The molecule has 1 aliphatic rings. The van der Waals surface area contributed by atoms with Crippen molar-refractivity contribution in [2.45, 2.75) is 13.8 Å². The van der Waals surface area contributed by atoms with Crippen LogP contribution in [0.5, 0.6) is 0 Å². The Morgan fingerprint density at radius 3 is 2.50 bits per heavy atom. The summed E-state index contributed by atoms with van der Waals surface area (Å²) < 4.78 is 0. The van der Waals surface area contributed by atoms with Crippen LogP contribution in [0.15, 0.2) is 30.3 Å². The molecular formula is C17H21N3OS. The number of aryl methyl sites for hydroxylation is 1. The fraction of sp³-hybridized carbons (Fsp3) is 0.412. The van der Waals surface area contributed by atoms with Crippen LogP contribution in [0.25, 0.3) is 10.4 Å². The van der Waals surface area contributed by atoms with Crippen LogP contribution in [0.1, 0.15) is 22.4 Å². The molecule has 1 aromatic heterocycles. The summed E-state index contributed by atoms with van der Waals surface area (Å²) >= 11 is 1.60. The lowest BCUT2D eigenvalue weighted by molar-refractivity contribution is 0.0639. The smallest absolute Gasteiger partial charge is 0.274 e. The molecule has 0 saturated carbocycles. The number of likely N-dealkylation sites (N-methyl/N-ethyl adjacent to an activating group) is 1. The number of nitrogens with zero attached hydrogens (tertiary/aromatic N) is 3. The number of carbonyl (C=O) groups excluding carboxylic acids is 1. The molecule has 1 aliphatic heterocycles. The molecule has 4 nitrogen and oxygen atoms in total. The second-order valence-corrected chi connectivity index (χ2v) is 6.71. The fourth-order valence-electron chi connectivity index (χ4n) is 2.77. The lowest BCUT2D eigenvalue weighted by Crippen LogP contribution is -2.48. The highest BCUT2D eigenvalue weighted by molar-refractivity contribution is 7.15. The van der Waals surface area contributed by atoms with Gasteiger partial charge in [-0.2, -0.15) is 0 Å². The zero-order valence-corrected chi connectivity index (χ0v) is 13.9. The highest BCUT2D eigenvalue weighted by Crippen LogP contribution is 2.31. The van der Waals surface area contributed by atoms with Crippen LogP contribution >= 0.6 is 11.3 Å². The molecule has 2 heterocycles. The van der Waals surface area contributed by atoms with Crippen LogP contribution in [0.2, 0.25) is 0 Å². The van der Waals surface area contributed by atoms with Gasteiger partial charge in [0.2, 0.25) is 0 Å². The number of carbonyl (C=O) groups is 1. The normalized spacial score (nSPS) is 16.0. The van der Waals surface area contributed by atoms with Crippen LogP contribution in [0, 0.1) is 6.92 Å². The molecule has 0 spiro atoms. The van der Waals surface area contributed by atoms with Gasteiger partial charge in [-0.1, -0.05) is 37.3 Å². The van der Waals surface area contributed by atoms with Gasteiger partial charge in [0, 0.05) is 26.2 Å². The topological polar surface area (TPSA) is 36.4 Å². The molecule has 0 unspecified atom stereocenters. The molecular weight excluding hydrogens is 294 g/mol. The Bertz CT molecular complexity index is 645. The monoisotopic (exact) mass is 315 g/mol. The Morgan fingerprint density at radius 2 is 1.86 bits per heavy atom. The first-order valence-electron chi connectivity index (χ1n) is 7.73. The summed E-state index contributed by atoms with van der Waals surface area (Å²) in [7, 11) is 0. The molecule has 1 fully saturated rings. The van der Waals surface area contributed by atoms with E-state index >= 15 is 0 Å². The number of benzene rings is 1. The molecule has 5 heteroatoms. The molecule has 3 rings (SSSR count). The van der Waals surface area contributed by atoms with E-state index in [-0.39, 0.29) is 5.91 Å². The third-order valence-corrected chi connectivity index (χ3v) is 5.10. The second-order valence-electron chi connectivity index (χ2n) is 5.50. The zero-order valence-electron chi connectivity index (χ0n) is 13.1. The maximum Gasteiger partial charge on any atom is 0.274 e. The standard InChI is InChI=1S/C17H21N3OS/c1-3-19-9-11-20(12-10-19)17(21)15-16(22-13(2)18-15)14-7-5-4-6-8-14/h4-8H,3,9-12H2,1-2H3. The van der Waals surface area contributed by atoms with Gasteiger partial charge in [0.05, 0.1) is 9.88 Å². The maximum atomic E-state index is 12.9. The Balaban J connectivity index is 1.85. The van der Waals surface area contributed by atoms with Crippen LogP contribution in [0.4, 0.5) is 0 Å². The summed E-state index contributed by atoms with van der Waals surface area (Å²) in [5, 5.41) is 0.939. The number of piperazine rings is 1. The van der Waals surface area contributed by atoms with Crippen LogP contribution < -0.4 is 0 Å². The number of thiazole rings is 1. The van der Waals surface area contributed by atoms with E-state index in [4.69, 9.17) is 0 Å². The SMILES string of the molecule is CCN1CCN(C(=O)c2nc(C)sc2-c2ccccc2)CC1. The lowest BCUT2D eigenvalue weighted by Gasteiger charge is -2.33. The zero-order chi connectivity index (χ0) is 15.5. The summed E-state index contributed by atoms with van der Waals surface area (Å²) in [6.45, 7) is 8.65. The number of hydrogen-bond acceptors (Lipinski definition) is 4. The Morgan fingerprint density at radius 1 is 1.18 bits per heavy atom. The van der Waals surface area contributed by atoms with Gasteiger partial charge >= 0.3 is 0 Å². The highest BCUT2D eigenvalue weighted by atomic mass is 32.1. The molecule has 1 amide bonds. The van der Waals surface area contributed by atoms with Crippen molar-refractivity contribution >= 4 is 17.2 Å². The Labute approximate surface area is 135 Å². The maximum absolute atomic E-state index is 12.9. The number of aromatic nitrogens is 1. The summed E-state index contributed by atoms with van der Waals surface area (Å²) in [4.78, 5) is 22.7. The van der Waals surface area contributed by atoms with Crippen molar-refractivity contribution in [2.75, 3.05) is 32.7 Å². The van der Waals surface area contributed by atoms with E-state index in [1.54, 1.807) is 11.3 Å². The molecule has 0 bridgehead atoms. The predicted octanol–water partition coefficient (Wildman–Crippen LogP) is 2.90. The van der Waals surface area contributed by atoms with Crippen LogP contribution in [-0.4, -0.2) is 53.4 Å². The summed E-state index contributed by atoms with van der Waals surface area (Å²) in [5.41, 5.74) is 1.68. The van der Waals surface area contributed by atoms with Gasteiger partial charge in [0.15, 0.2) is 0 Å². The average Bonchev–Trinajstić information content (AvgIpc) is 2.97. The van der Waals surface area contributed by atoms with Crippen molar-refractivity contribution < 1.29 is 4.79 Å². The largest absolute Gasteiger partial charge is 0.335 e. The summed E-state index contributed by atoms with van der Waals surface area (Å²) in [6, 6.07) is 10.1. The van der Waals surface area contributed by atoms with E-state index in [1.165, 1.54) is 0 Å². The van der Waals surface area contributed by atoms with Gasteiger partial charge in [-0.15, -0.1) is 11.3 Å². The molecule has 1 aromatic carbocycles. The van der Waals surface area contributed by atoms with Gasteiger partial charge in [-0.3, -0.25) is 4.79 Å². The molecule has 0 N–H and O–H groups in total. The Hall–Kier alpha value is -1.72. The summed E-state index contributed by atoms with van der Waals surface area (Å²) in [6.07, 6.45) is 0. The van der Waals surface area contributed by atoms with Crippen molar-refractivity contribution in [2.24, 2.45) is 0 Å². The minimum absolute atomic E-state index is 0.0685. The van der Waals surface area contributed by atoms with Crippen molar-refractivity contribution in [3.05, 3.63) is 41.0 Å². The van der Waals surface area contributed by atoms with Crippen molar-refractivity contribution in [3.8, 4) is 10.4 Å². The van der Waals surface area contributed by atoms with E-state index in [9.17, 15) is 4.79 Å². The van der Waals surface area contributed by atoms with E-state index in [0.717, 1.165) is 48.2 Å². The van der Waals surface area contributed by atoms with Gasteiger partial charge < -0.3 is 9.80 Å². The minimum atomic E-state index is 0.0685. The van der Waals surface area contributed by atoms with Gasteiger partial charge in [-0.05, 0) is 19.0 Å². The minimum Gasteiger partial charge on any atom is -0.335 e. The third kappa shape index (κ3) is 3.05. The van der Waals surface area contributed by atoms with E-state index in [2.05, 4.69) is 16.8 Å². The molecule has 2 aromatic rings. The molecule has 0 aliphatic carbocycles. The number of amides is 1. The molecule has 116 valence electrons. The Kier molecular flexibility index (Phi) is 4.55. The van der Waals surface area contributed by atoms with Gasteiger partial charge in [-0.25, -0.2) is 4.98 Å². The number of rotatable bonds is 3. The highest BCUT2D eigenvalue weighted by Gasteiger charge is 2.26. The lowest BCUT2D eigenvalue weighted by atomic mass is 10.1. The third-order valence-electron chi connectivity index (χ3n) is 4.08. The van der Waals surface area contributed by atoms with E-state index in [0.29, 0.717) is 5.69 Å². The molecule has 0 atom stereocenters. The summed E-state index contributed by atoms with van der Waals surface area (Å²) in [5.74, 6) is 0.0685. The molecule has 0 radical (unpaired) electrons. The molecule has 1 saturated heterocycles. The first-order chi connectivity index (χ1) is 10.7. The second kappa shape index (κ2) is 6.58. The molecule has 22 heavy (non-hydrogen) atoms. The van der Waals surface area contributed by atoms with E-state index < -0.39 is 0 Å². The first-order valence-corrected chi connectivity index (χ1v) is 8.55. The van der Waals surface area contributed by atoms with Gasteiger partial charge in [0.25, 0.3) is 5.91 Å². The van der Waals surface area contributed by atoms with Crippen molar-refractivity contribution in [1.29, 1.82) is 0 Å². The quantitative estimate of drug-likeness (QED) is 0.874. The van der Waals surface area contributed by atoms with Gasteiger partial charge in [0.1, 0.15) is 5.69 Å². The predicted molar refractivity (Wildman–Crippen MR) is 90.3 cm³/mol. The van der Waals surface area contributed by atoms with Crippen LogP contribution in [-0.2, 0) is 0 Å². The fourth-order valence-corrected chi connectivity index (χ4v) is 3.69. The van der Waals surface area contributed by atoms with Crippen molar-refractivity contribution in [1.82, 2.24) is 14.8 Å². The average molecular weight is 315 g/mol. The van der Waals surface area contributed by atoms with Crippen LogP contribution in [0.3, 0.4) is 0 Å². The van der Waals surface area contributed by atoms with Crippen molar-refractivity contribution in [3.63, 3.8) is 0 Å². The number of hydrogen-bond donors (Lipinski definition) is 0.